The van der Waals surface area contributed by atoms with E-state index in [2.05, 4.69) is 14.7 Å². The number of aryl methyl sites for hydroxylation is 2. The van der Waals surface area contributed by atoms with Crippen LogP contribution in [0.25, 0.3) is 0 Å². The van der Waals surface area contributed by atoms with Crippen LogP contribution in [0.1, 0.15) is 10.6 Å². The highest BCUT2D eigenvalue weighted by atomic mass is 32.2. The lowest BCUT2D eigenvalue weighted by molar-refractivity contribution is 0.601. The minimum Gasteiger partial charge on any atom is -0.384 e. The molecule has 0 radical (unpaired) electrons. The van der Waals surface area contributed by atoms with Crippen LogP contribution >= 0.6 is 11.3 Å². The molecule has 8 heteroatoms. The third-order valence-corrected chi connectivity index (χ3v) is 4.76. The van der Waals surface area contributed by atoms with Crippen LogP contribution in [0.3, 0.4) is 0 Å². The number of sulfonamides is 1. The van der Waals surface area contributed by atoms with Crippen LogP contribution in [0.15, 0.2) is 23.2 Å². The minimum atomic E-state index is -3.65. The van der Waals surface area contributed by atoms with E-state index in [1.165, 1.54) is 29.7 Å². The predicted octanol–water partition coefficient (Wildman–Crippen LogP) is 1.54. The number of nitrogen functional groups attached to an aromatic ring is 1. The van der Waals surface area contributed by atoms with Crippen molar-refractivity contribution in [2.75, 3.05) is 10.5 Å². The molecule has 0 aliphatic carbocycles. The fourth-order valence-electron chi connectivity index (χ4n) is 1.24. The van der Waals surface area contributed by atoms with Crippen molar-refractivity contribution < 1.29 is 8.42 Å². The third kappa shape index (κ3) is 2.59. The van der Waals surface area contributed by atoms with Crippen molar-refractivity contribution in [1.29, 1.82) is 0 Å². The second-order valence-electron chi connectivity index (χ2n) is 3.68. The highest BCUT2D eigenvalue weighted by molar-refractivity contribution is 7.93. The summed E-state index contributed by atoms with van der Waals surface area (Å²) in [5.41, 5.74) is 6.22. The molecule has 0 atom stereocenters. The first kappa shape index (κ1) is 12.8. The Hall–Kier alpha value is -1.67. The van der Waals surface area contributed by atoms with Crippen LogP contribution in [-0.4, -0.2) is 18.4 Å². The lowest BCUT2D eigenvalue weighted by Gasteiger charge is -2.04. The predicted molar refractivity (Wildman–Crippen MR) is 71.0 cm³/mol. The normalized spacial score (nSPS) is 11.4. The Labute approximate surface area is 109 Å². The van der Waals surface area contributed by atoms with Crippen LogP contribution in [0, 0.1) is 13.8 Å². The third-order valence-electron chi connectivity index (χ3n) is 2.32. The van der Waals surface area contributed by atoms with Gasteiger partial charge in [-0.2, -0.15) is 0 Å². The maximum atomic E-state index is 12.0. The van der Waals surface area contributed by atoms with Crippen LogP contribution in [0.5, 0.6) is 0 Å². The number of anilines is 2. The van der Waals surface area contributed by atoms with Gasteiger partial charge in [0.15, 0.2) is 5.13 Å². The highest BCUT2D eigenvalue weighted by Crippen LogP contribution is 2.23. The van der Waals surface area contributed by atoms with E-state index in [4.69, 9.17) is 5.73 Å². The SMILES string of the molecule is Cc1nc(NS(=O)(=O)c2ccc(N)nc2)sc1C. The Morgan fingerprint density at radius 3 is 2.56 bits per heavy atom. The molecule has 0 amide bonds. The number of hydrogen-bond donors (Lipinski definition) is 2. The minimum absolute atomic E-state index is 0.0576. The van der Waals surface area contributed by atoms with Crippen molar-refractivity contribution in [1.82, 2.24) is 9.97 Å². The van der Waals surface area contributed by atoms with Gasteiger partial charge in [0.2, 0.25) is 0 Å². The summed E-state index contributed by atoms with van der Waals surface area (Å²) in [6.07, 6.45) is 1.21. The molecular formula is C10H12N4O2S2. The van der Waals surface area contributed by atoms with Crippen LogP contribution in [-0.2, 0) is 10.0 Å². The molecule has 0 aliphatic rings. The zero-order valence-corrected chi connectivity index (χ0v) is 11.5. The molecule has 2 aromatic rings. The molecule has 0 aromatic carbocycles. The smallest absolute Gasteiger partial charge is 0.265 e. The van der Waals surface area contributed by atoms with Crippen LogP contribution in [0.2, 0.25) is 0 Å². The van der Waals surface area contributed by atoms with Gasteiger partial charge in [0.1, 0.15) is 10.7 Å². The molecule has 0 aliphatic heterocycles. The number of thiazole rings is 1. The molecule has 6 nitrogen and oxygen atoms in total. The lowest BCUT2D eigenvalue weighted by Crippen LogP contribution is -2.13. The summed E-state index contributed by atoms with van der Waals surface area (Å²) < 4.78 is 26.4. The van der Waals surface area contributed by atoms with Gasteiger partial charge < -0.3 is 5.73 Å². The van der Waals surface area contributed by atoms with Gasteiger partial charge in [0.25, 0.3) is 10.0 Å². The maximum Gasteiger partial charge on any atom is 0.265 e. The van der Waals surface area contributed by atoms with Gasteiger partial charge in [-0.3, -0.25) is 4.72 Å². The summed E-state index contributed by atoms with van der Waals surface area (Å²) in [7, 11) is -3.65. The van der Waals surface area contributed by atoms with Crippen LogP contribution < -0.4 is 10.5 Å². The Bertz CT molecular complexity index is 642. The molecule has 2 heterocycles. The Kier molecular flexibility index (Phi) is 3.22. The molecule has 3 N–H and O–H groups in total. The number of rotatable bonds is 3. The van der Waals surface area contributed by atoms with E-state index >= 15 is 0 Å². The Morgan fingerprint density at radius 1 is 1.33 bits per heavy atom. The zero-order valence-electron chi connectivity index (χ0n) is 9.84. The molecule has 18 heavy (non-hydrogen) atoms. The summed E-state index contributed by atoms with van der Waals surface area (Å²) in [6, 6.07) is 2.84. The van der Waals surface area contributed by atoms with Crippen molar-refractivity contribution in [3.63, 3.8) is 0 Å². The number of pyridine rings is 1. The van der Waals surface area contributed by atoms with E-state index in [-0.39, 0.29) is 10.7 Å². The molecule has 2 rings (SSSR count). The second kappa shape index (κ2) is 4.54. The summed E-state index contributed by atoms with van der Waals surface area (Å²) in [6.45, 7) is 3.71. The monoisotopic (exact) mass is 284 g/mol. The van der Waals surface area contributed by atoms with Gasteiger partial charge in [-0.05, 0) is 26.0 Å². The summed E-state index contributed by atoms with van der Waals surface area (Å²) in [4.78, 5) is 8.91. The van der Waals surface area contributed by atoms with Crippen molar-refractivity contribution in [3.8, 4) is 0 Å². The second-order valence-corrected chi connectivity index (χ2v) is 6.57. The van der Waals surface area contributed by atoms with E-state index in [0.29, 0.717) is 5.13 Å². The molecule has 0 saturated heterocycles. The number of nitrogens with two attached hydrogens (primary N) is 1. The first-order valence-corrected chi connectivity index (χ1v) is 7.37. The average molecular weight is 284 g/mol. The highest BCUT2D eigenvalue weighted by Gasteiger charge is 2.16. The molecule has 0 saturated carbocycles. The van der Waals surface area contributed by atoms with E-state index in [9.17, 15) is 8.42 Å². The number of hydrogen-bond acceptors (Lipinski definition) is 6. The lowest BCUT2D eigenvalue weighted by atomic mass is 10.4. The largest absolute Gasteiger partial charge is 0.384 e. The summed E-state index contributed by atoms with van der Waals surface area (Å²) in [5, 5.41) is 0.349. The fraction of sp³-hybridized carbons (Fsp3) is 0.200. The zero-order chi connectivity index (χ0) is 13.3. The molecule has 2 aromatic heterocycles. The molecule has 0 unspecified atom stereocenters. The Morgan fingerprint density at radius 2 is 2.06 bits per heavy atom. The fourth-order valence-corrected chi connectivity index (χ4v) is 3.23. The Balaban J connectivity index is 2.29. The van der Waals surface area contributed by atoms with Gasteiger partial charge in [-0.15, -0.1) is 11.3 Å². The van der Waals surface area contributed by atoms with Gasteiger partial charge in [-0.25, -0.2) is 18.4 Å². The van der Waals surface area contributed by atoms with Crippen molar-refractivity contribution in [3.05, 3.63) is 28.9 Å². The van der Waals surface area contributed by atoms with E-state index in [1.54, 1.807) is 0 Å². The van der Waals surface area contributed by atoms with Gasteiger partial charge in [0.05, 0.1) is 5.69 Å². The molecule has 0 spiro atoms. The standard InChI is InChI=1S/C10H12N4O2S2/c1-6-7(2)17-10(13-6)14-18(15,16)8-3-4-9(11)12-5-8/h3-5H,1-2H3,(H2,11,12)(H,13,14). The van der Waals surface area contributed by atoms with E-state index < -0.39 is 10.0 Å². The van der Waals surface area contributed by atoms with Crippen molar-refractivity contribution in [2.45, 2.75) is 18.7 Å². The molecule has 0 fully saturated rings. The van der Waals surface area contributed by atoms with Crippen molar-refractivity contribution in [2.24, 2.45) is 0 Å². The summed E-state index contributed by atoms with van der Waals surface area (Å²) >= 11 is 1.29. The maximum absolute atomic E-state index is 12.0. The topological polar surface area (TPSA) is 98.0 Å². The van der Waals surface area contributed by atoms with Crippen molar-refractivity contribution >= 4 is 32.3 Å². The van der Waals surface area contributed by atoms with Gasteiger partial charge in [-0.1, -0.05) is 0 Å². The van der Waals surface area contributed by atoms with E-state index in [1.807, 2.05) is 13.8 Å². The molecule has 96 valence electrons. The van der Waals surface area contributed by atoms with Gasteiger partial charge >= 0.3 is 0 Å². The number of nitrogens with zero attached hydrogens (tertiary/aromatic N) is 2. The molecule has 0 bridgehead atoms. The number of aromatic nitrogens is 2. The number of nitrogens with one attached hydrogen (secondary N) is 1. The summed E-state index contributed by atoms with van der Waals surface area (Å²) in [5.74, 6) is 0.273. The van der Waals surface area contributed by atoms with Crippen LogP contribution in [0.4, 0.5) is 10.9 Å². The van der Waals surface area contributed by atoms with Gasteiger partial charge in [0, 0.05) is 11.1 Å². The first-order chi connectivity index (χ1) is 8.38. The molecular weight excluding hydrogens is 272 g/mol. The quantitative estimate of drug-likeness (QED) is 0.890. The van der Waals surface area contributed by atoms with E-state index in [0.717, 1.165) is 10.6 Å². The first-order valence-electron chi connectivity index (χ1n) is 5.07. The average Bonchev–Trinajstić information content (AvgIpc) is 2.57.